The first-order valence-corrected chi connectivity index (χ1v) is 4.66. The Morgan fingerprint density at radius 1 is 1.71 bits per heavy atom. The van der Waals surface area contributed by atoms with Gasteiger partial charge in [0.05, 0.1) is 11.6 Å². The van der Waals surface area contributed by atoms with Crippen molar-refractivity contribution in [2.24, 2.45) is 0 Å². The normalized spacial score (nSPS) is 11.0. The van der Waals surface area contributed by atoms with Crippen molar-refractivity contribution in [2.45, 2.75) is 19.2 Å². The number of nitrogens with zero attached hydrogens (tertiary/aromatic N) is 1. The fourth-order valence-electron chi connectivity index (χ4n) is 0.998. The van der Waals surface area contributed by atoms with Crippen LogP contribution in [0.4, 0.5) is 0 Å². The fourth-order valence-corrected chi connectivity index (χ4v) is 1.21. The van der Waals surface area contributed by atoms with Crippen LogP contribution in [0.5, 0.6) is 0 Å². The Labute approximate surface area is 86.2 Å². The van der Waals surface area contributed by atoms with Gasteiger partial charge in [-0.3, -0.25) is 0 Å². The van der Waals surface area contributed by atoms with E-state index in [1.54, 1.807) is 0 Å². The van der Waals surface area contributed by atoms with Gasteiger partial charge in [-0.2, -0.15) is 0 Å². The van der Waals surface area contributed by atoms with Gasteiger partial charge >= 0.3 is 5.97 Å². The maximum Gasteiger partial charge on any atom is 0.328 e. The zero-order chi connectivity index (χ0) is 10.6. The zero-order valence-electron chi connectivity index (χ0n) is 7.66. The van der Waals surface area contributed by atoms with Crippen LogP contribution in [0.3, 0.4) is 0 Å². The molecule has 1 aromatic rings. The third kappa shape index (κ3) is 2.60. The second-order valence-electron chi connectivity index (χ2n) is 2.58. The van der Waals surface area contributed by atoms with E-state index in [0.717, 1.165) is 6.08 Å². The van der Waals surface area contributed by atoms with Crippen LogP contribution in [0, 0.1) is 0 Å². The summed E-state index contributed by atoms with van der Waals surface area (Å²) in [6.45, 7) is 1.92. The predicted octanol–water partition coefficient (Wildman–Crippen LogP) is 2.07. The summed E-state index contributed by atoms with van der Waals surface area (Å²) >= 11 is 5.62. The lowest BCUT2D eigenvalue weighted by molar-refractivity contribution is -0.131. The van der Waals surface area contributed by atoms with Crippen molar-refractivity contribution in [3.63, 3.8) is 0 Å². The Kier molecular flexibility index (Phi) is 3.71. The monoisotopic (exact) mass is 215 g/mol. The fraction of sp³-hybridized carbons (Fsp3) is 0.333. The number of alkyl halides is 1. The van der Waals surface area contributed by atoms with Crippen LogP contribution < -0.4 is 0 Å². The summed E-state index contributed by atoms with van der Waals surface area (Å²) in [5, 5.41) is 8.38. The van der Waals surface area contributed by atoms with E-state index in [1.165, 1.54) is 6.08 Å². The van der Waals surface area contributed by atoms with Crippen LogP contribution in [-0.2, 0) is 17.1 Å². The molecular weight excluding hydrogens is 206 g/mol. The second-order valence-corrected chi connectivity index (χ2v) is 2.85. The molecule has 76 valence electrons. The van der Waals surface area contributed by atoms with Crippen molar-refractivity contribution in [3.8, 4) is 0 Å². The number of halogens is 1. The number of oxazole rings is 1. The highest BCUT2D eigenvalue weighted by atomic mass is 35.5. The summed E-state index contributed by atoms with van der Waals surface area (Å²) in [6.07, 6.45) is 2.97. The molecule has 0 aliphatic heterocycles. The summed E-state index contributed by atoms with van der Waals surface area (Å²) in [4.78, 5) is 14.2. The molecule has 0 atom stereocenters. The summed E-state index contributed by atoms with van der Waals surface area (Å²) in [5.41, 5.74) is 0.666. The van der Waals surface area contributed by atoms with Gasteiger partial charge in [-0.15, -0.1) is 11.6 Å². The van der Waals surface area contributed by atoms with E-state index in [9.17, 15) is 4.79 Å². The van der Waals surface area contributed by atoms with Crippen molar-refractivity contribution in [1.82, 2.24) is 4.98 Å². The Morgan fingerprint density at radius 3 is 2.86 bits per heavy atom. The first-order chi connectivity index (χ1) is 6.67. The Bertz CT molecular complexity index is 335. The lowest BCUT2D eigenvalue weighted by atomic mass is 10.3. The zero-order valence-corrected chi connectivity index (χ0v) is 8.41. The van der Waals surface area contributed by atoms with Gasteiger partial charge in [-0.1, -0.05) is 6.92 Å². The SMILES string of the molecule is CCc1oc(/C=C/C(=O)O)nc1CCl. The third-order valence-electron chi connectivity index (χ3n) is 1.61. The number of rotatable bonds is 4. The van der Waals surface area contributed by atoms with Crippen LogP contribution in [0.2, 0.25) is 0 Å². The number of hydrogen-bond donors (Lipinski definition) is 1. The summed E-state index contributed by atoms with van der Waals surface area (Å²) in [7, 11) is 0. The van der Waals surface area contributed by atoms with Gasteiger partial charge < -0.3 is 9.52 Å². The molecule has 0 spiro atoms. The summed E-state index contributed by atoms with van der Waals surface area (Å²) in [6, 6.07) is 0. The van der Waals surface area contributed by atoms with Gasteiger partial charge in [-0.05, 0) is 0 Å². The van der Waals surface area contributed by atoms with Crippen LogP contribution >= 0.6 is 11.6 Å². The maximum absolute atomic E-state index is 10.2. The number of aryl methyl sites for hydroxylation is 1. The molecule has 0 amide bonds. The number of aliphatic carboxylic acids is 1. The standard InChI is InChI=1S/C9H10ClNO3/c1-2-7-6(5-10)11-8(14-7)3-4-9(12)13/h3-4H,2,5H2,1H3,(H,12,13)/b4-3+. The molecule has 1 rings (SSSR count). The third-order valence-corrected chi connectivity index (χ3v) is 1.86. The van der Waals surface area contributed by atoms with E-state index in [0.29, 0.717) is 17.9 Å². The van der Waals surface area contributed by atoms with Crippen molar-refractivity contribution in [2.75, 3.05) is 0 Å². The quantitative estimate of drug-likeness (QED) is 0.617. The number of carboxylic acid groups (broad SMARTS) is 1. The minimum Gasteiger partial charge on any atom is -0.478 e. The van der Waals surface area contributed by atoms with E-state index in [4.69, 9.17) is 21.1 Å². The van der Waals surface area contributed by atoms with Crippen molar-refractivity contribution < 1.29 is 14.3 Å². The smallest absolute Gasteiger partial charge is 0.328 e. The molecule has 0 aliphatic rings. The van der Waals surface area contributed by atoms with Crippen LogP contribution in [-0.4, -0.2) is 16.1 Å². The van der Waals surface area contributed by atoms with Gasteiger partial charge in [0.2, 0.25) is 5.89 Å². The van der Waals surface area contributed by atoms with E-state index in [2.05, 4.69) is 4.98 Å². The molecular formula is C9H10ClNO3. The van der Waals surface area contributed by atoms with Gasteiger partial charge in [0.15, 0.2) is 0 Å². The van der Waals surface area contributed by atoms with Gasteiger partial charge in [0.25, 0.3) is 0 Å². The molecule has 5 heteroatoms. The Hall–Kier alpha value is -1.29. The van der Waals surface area contributed by atoms with Gasteiger partial charge in [0.1, 0.15) is 5.76 Å². The lowest BCUT2D eigenvalue weighted by Gasteiger charge is -1.88. The first-order valence-electron chi connectivity index (χ1n) is 4.13. The molecule has 0 aromatic carbocycles. The largest absolute Gasteiger partial charge is 0.478 e. The van der Waals surface area contributed by atoms with Crippen LogP contribution in [0.25, 0.3) is 6.08 Å². The first kappa shape index (κ1) is 10.8. The van der Waals surface area contributed by atoms with E-state index < -0.39 is 5.97 Å². The molecule has 0 saturated heterocycles. The van der Waals surface area contributed by atoms with E-state index in [-0.39, 0.29) is 11.8 Å². The number of hydrogen-bond acceptors (Lipinski definition) is 3. The Morgan fingerprint density at radius 2 is 2.43 bits per heavy atom. The minimum absolute atomic E-state index is 0.271. The van der Waals surface area contributed by atoms with E-state index in [1.807, 2.05) is 6.92 Å². The second kappa shape index (κ2) is 4.81. The van der Waals surface area contributed by atoms with Gasteiger partial charge in [0, 0.05) is 18.6 Å². The molecule has 14 heavy (non-hydrogen) atoms. The molecule has 0 unspecified atom stereocenters. The summed E-state index contributed by atoms with van der Waals surface area (Å²) < 4.78 is 5.26. The van der Waals surface area contributed by atoms with Gasteiger partial charge in [-0.25, -0.2) is 9.78 Å². The van der Waals surface area contributed by atoms with E-state index >= 15 is 0 Å². The highest BCUT2D eigenvalue weighted by molar-refractivity contribution is 6.16. The maximum atomic E-state index is 10.2. The molecule has 0 radical (unpaired) electrons. The predicted molar refractivity (Wildman–Crippen MR) is 52.1 cm³/mol. The highest BCUT2D eigenvalue weighted by Gasteiger charge is 2.08. The van der Waals surface area contributed by atoms with Crippen molar-refractivity contribution in [1.29, 1.82) is 0 Å². The summed E-state index contributed by atoms with van der Waals surface area (Å²) in [5.74, 6) is 0.215. The average molecular weight is 216 g/mol. The topological polar surface area (TPSA) is 63.3 Å². The molecule has 0 aliphatic carbocycles. The molecule has 0 bridgehead atoms. The Balaban J connectivity index is 2.89. The van der Waals surface area contributed by atoms with Crippen molar-refractivity contribution >= 4 is 23.6 Å². The molecule has 0 saturated carbocycles. The number of aromatic nitrogens is 1. The highest BCUT2D eigenvalue weighted by Crippen LogP contribution is 2.14. The molecule has 1 N–H and O–H groups in total. The molecule has 1 aromatic heterocycles. The number of carboxylic acids is 1. The molecule has 0 fully saturated rings. The van der Waals surface area contributed by atoms with Crippen LogP contribution in [0.1, 0.15) is 24.3 Å². The lowest BCUT2D eigenvalue weighted by Crippen LogP contribution is -1.86. The molecule has 4 nitrogen and oxygen atoms in total. The number of carbonyl (C=O) groups is 1. The van der Waals surface area contributed by atoms with Crippen LogP contribution in [0.15, 0.2) is 10.5 Å². The average Bonchev–Trinajstić information content (AvgIpc) is 2.57. The minimum atomic E-state index is -1.03. The molecule has 1 heterocycles. The van der Waals surface area contributed by atoms with Crippen molar-refractivity contribution in [3.05, 3.63) is 23.4 Å².